The molecule has 48 heavy (non-hydrogen) atoms. The Kier molecular flexibility index (Phi) is 12.2. The molecule has 0 unspecified atom stereocenters. The number of sulfonamides is 1. The quantitative estimate of drug-likeness (QED) is 0.140. The number of benzene rings is 4. The molecule has 10 heteroatoms. The predicted molar refractivity (Wildman–Crippen MR) is 192 cm³/mol. The minimum atomic E-state index is -4.19. The van der Waals surface area contributed by atoms with Crippen LogP contribution in [0.15, 0.2) is 119 Å². The molecule has 5 rings (SSSR count). The van der Waals surface area contributed by atoms with Crippen LogP contribution in [-0.4, -0.2) is 56.6 Å². The van der Waals surface area contributed by atoms with Gasteiger partial charge >= 0.3 is 0 Å². The molecule has 0 saturated heterocycles. The fourth-order valence-electron chi connectivity index (χ4n) is 5.98. The van der Waals surface area contributed by atoms with Gasteiger partial charge in [0.05, 0.1) is 17.2 Å². The average Bonchev–Trinajstić information content (AvgIpc) is 3.63. The van der Waals surface area contributed by atoms with E-state index in [4.69, 9.17) is 4.74 Å². The molecule has 1 N–H and O–H groups in total. The Hall–Kier alpha value is -4.28. The second kappa shape index (κ2) is 16.7. The van der Waals surface area contributed by atoms with Gasteiger partial charge < -0.3 is 15.0 Å². The summed E-state index contributed by atoms with van der Waals surface area (Å²) in [7, 11) is -4.19. The molecule has 0 heterocycles. The lowest BCUT2D eigenvalue weighted by atomic mass is 10.0. The Labute approximate surface area is 288 Å². The molecule has 8 nitrogen and oxygen atoms in total. The van der Waals surface area contributed by atoms with Crippen molar-refractivity contribution in [2.24, 2.45) is 0 Å². The first-order chi connectivity index (χ1) is 23.3. The highest BCUT2D eigenvalue weighted by Crippen LogP contribution is 2.28. The summed E-state index contributed by atoms with van der Waals surface area (Å²) in [6.45, 7) is 1.96. The van der Waals surface area contributed by atoms with Crippen LogP contribution in [0.2, 0.25) is 0 Å². The number of ether oxygens (including phenoxy) is 1. The van der Waals surface area contributed by atoms with Gasteiger partial charge in [-0.15, -0.1) is 11.8 Å². The van der Waals surface area contributed by atoms with Crippen molar-refractivity contribution in [3.05, 3.63) is 120 Å². The molecule has 0 radical (unpaired) electrons. The van der Waals surface area contributed by atoms with Crippen LogP contribution in [0.1, 0.15) is 43.7 Å². The summed E-state index contributed by atoms with van der Waals surface area (Å²) in [6.07, 6.45) is 6.10. The van der Waals surface area contributed by atoms with Gasteiger partial charge in [0.15, 0.2) is 0 Å². The summed E-state index contributed by atoms with van der Waals surface area (Å²) in [6, 6.07) is 31.6. The van der Waals surface area contributed by atoms with E-state index in [0.717, 1.165) is 46.0 Å². The number of nitrogens with one attached hydrogen (secondary N) is 1. The van der Waals surface area contributed by atoms with Crippen molar-refractivity contribution in [3.63, 3.8) is 0 Å². The van der Waals surface area contributed by atoms with Gasteiger partial charge in [-0.3, -0.25) is 13.9 Å². The predicted octanol–water partition coefficient (Wildman–Crippen LogP) is 6.70. The number of amides is 2. The van der Waals surface area contributed by atoms with Crippen molar-refractivity contribution in [1.82, 2.24) is 10.2 Å². The summed E-state index contributed by atoms with van der Waals surface area (Å²) >= 11 is 1.51. The van der Waals surface area contributed by atoms with Crippen molar-refractivity contribution in [1.29, 1.82) is 0 Å². The Morgan fingerprint density at radius 2 is 1.46 bits per heavy atom. The van der Waals surface area contributed by atoms with Crippen molar-refractivity contribution in [2.45, 2.75) is 67.4 Å². The zero-order valence-electron chi connectivity index (χ0n) is 27.5. The molecular formula is C38H43N3O5S2. The number of anilines is 1. The number of hydrogen-bond acceptors (Lipinski definition) is 6. The zero-order chi connectivity index (χ0) is 33.9. The monoisotopic (exact) mass is 685 g/mol. The molecule has 1 atom stereocenters. The first kappa shape index (κ1) is 35.0. The van der Waals surface area contributed by atoms with Crippen molar-refractivity contribution < 1.29 is 22.7 Å². The fourth-order valence-corrected chi connectivity index (χ4v) is 7.80. The molecule has 0 aliphatic heterocycles. The Balaban J connectivity index is 1.55. The van der Waals surface area contributed by atoms with Gasteiger partial charge in [-0.05, 0) is 85.7 Å². The second-order valence-electron chi connectivity index (χ2n) is 11.8. The fraction of sp³-hybridized carbons (Fsp3) is 0.316. The lowest BCUT2D eigenvalue weighted by molar-refractivity contribution is -0.140. The topological polar surface area (TPSA) is 96.0 Å². The summed E-state index contributed by atoms with van der Waals surface area (Å²) in [5.74, 6) is -0.135. The van der Waals surface area contributed by atoms with Gasteiger partial charge in [0.25, 0.3) is 10.0 Å². The van der Waals surface area contributed by atoms with Crippen LogP contribution < -0.4 is 14.4 Å². The van der Waals surface area contributed by atoms with E-state index in [1.807, 2.05) is 73.8 Å². The van der Waals surface area contributed by atoms with E-state index in [1.165, 1.54) is 11.8 Å². The smallest absolute Gasteiger partial charge is 0.264 e. The molecule has 252 valence electrons. The largest absolute Gasteiger partial charge is 0.494 e. The number of rotatable bonds is 15. The van der Waals surface area contributed by atoms with Crippen LogP contribution >= 0.6 is 11.8 Å². The van der Waals surface area contributed by atoms with E-state index in [0.29, 0.717) is 18.0 Å². The van der Waals surface area contributed by atoms with E-state index in [2.05, 4.69) is 5.32 Å². The summed E-state index contributed by atoms with van der Waals surface area (Å²) in [4.78, 5) is 31.3. The number of carbonyl (C=O) groups excluding carboxylic acids is 2. The van der Waals surface area contributed by atoms with Gasteiger partial charge in [0.2, 0.25) is 11.8 Å². The van der Waals surface area contributed by atoms with E-state index < -0.39 is 28.5 Å². The summed E-state index contributed by atoms with van der Waals surface area (Å²) in [5, 5.41) is 3.21. The molecule has 1 saturated carbocycles. The molecule has 0 spiro atoms. The number of carbonyl (C=O) groups is 2. The third-order valence-electron chi connectivity index (χ3n) is 8.53. The minimum absolute atomic E-state index is 0.0504. The molecular weight excluding hydrogens is 643 g/mol. The third-order valence-corrected chi connectivity index (χ3v) is 11.1. The maximum absolute atomic E-state index is 14.7. The van der Waals surface area contributed by atoms with Crippen LogP contribution in [0.5, 0.6) is 5.75 Å². The van der Waals surface area contributed by atoms with Crippen LogP contribution in [0.25, 0.3) is 0 Å². The van der Waals surface area contributed by atoms with Gasteiger partial charge in [0.1, 0.15) is 18.3 Å². The van der Waals surface area contributed by atoms with E-state index in [1.54, 1.807) is 53.4 Å². The number of thioether (sulfide) groups is 1. The maximum atomic E-state index is 14.7. The highest BCUT2D eigenvalue weighted by atomic mass is 32.2. The number of nitrogens with zero attached hydrogens (tertiary/aromatic N) is 2. The maximum Gasteiger partial charge on any atom is 0.264 e. The van der Waals surface area contributed by atoms with Gasteiger partial charge in [-0.25, -0.2) is 8.42 Å². The lowest BCUT2D eigenvalue weighted by Crippen LogP contribution is -2.54. The lowest BCUT2D eigenvalue weighted by Gasteiger charge is -2.34. The molecule has 1 aliphatic rings. The molecule has 4 aromatic carbocycles. The highest BCUT2D eigenvalue weighted by Gasteiger charge is 2.35. The standard InChI is InChI=1S/C38H43N3O5S2/c1-3-46-33-20-18-32(19-21-33)41(48(44,45)35-24-22-34(47-2)23-25-35)28-37(42)40(27-30-14-8-5-9-15-30)36(26-29-12-6-4-7-13-29)38(43)39-31-16-10-11-17-31/h4-9,12-15,18-25,31,36H,3,10-11,16-17,26-28H2,1-2H3,(H,39,43)/t36-/m0/s1. The van der Waals surface area contributed by atoms with Crippen LogP contribution in [-0.2, 0) is 32.6 Å². The second-order valence-corrected chi connectivity index (χ2v) is 14.6. The molecule has 0 aromatic heterocycles. The molecule has 1 aliphatic carbocycles. The first-order valence-electron chi connectivity index (χ1n) is 16.4. The average molecular weight is 686 g/mol. The number of hydrogen-bond donors (Lipinski definition) is 1. The van der Waals surface area contributed by atoms with Crippen LogP contribution in [0, 0.1) is 0 Å². The highest BCUT2D eigenvalue weighted by molar-refractivity contribution is 7.98. The third kappa shape index (κ3) is 8.99. The van der Waals surface area contributed by atoms with Crippen molar-refractivity contribution in [3.8, 4) is 5.75 Å². The molecule has 2 amide bonds. The van der Waals surface area contributed by atoms with E-state index in [-0.39, 0.29) is 29.8 Å². The SMILES string of the molecule is CCOc1ccc(N(CC(=O)N(Cc2ccccc2)[C@@H](Cc2ccccc2)C(=O)NC2CCCC2)S(=O)(=O)c2ccc(SC)cc2)cc1. The summed E-state index contributed by atoms with van der Waals surface area (Å²) in [5.41, 5.74) is 2.05. The molecule has 0 bridgehead atoms. The van der Waals surface area contributed by atoms with Gasteiger partial charge in [-0.2, -0.15) is 0 Å². The molecule has 1 fully saturated rings. The minimum Gasteiger partial charge on any atom is -0.494 e. The Morgan fingerprint density at radius 3 is 2.04 bits per heavy atom. The van der Waals surface area contributed by atoms with Crippen LogP contribution in [0.3, 0.4) is 0 Å². The van der Waals surface area contributed by atoms with Crippen molar-refractivity contribution in [2.75, 3.05) is 23.7 Å². The van der Waals surface area contributed by atoms with Crippen molar-refractivity contribution >= 4 is 39.3 Å². The Bertz CT molecular complexity index is 1730. The van der Waals surface area contributed by atoms with Gasteiger partial charge in [-0.1, -0.05) is 73.5 Å². The van der Waals surface area contributed by atoms with E-state index >= 15 is 0 Å². The normalized spacial score (nSPS) is 13.9. The first-order valence-corrected chi connectivity index (χ1v) is 19.0. The summed E-state index contributed by atoms with van der Waals surface area (Å²) < 4.78 is 35.4. The zero-order valence-corrected chi connectivity index (χ0v) is 29.1. The van der Waals surface area contributed by atoms with E-state index in [9.17, 15) is 18.0 Å². The van der Waals surface area contributed by atoms with Gasteiger partial charge in [0, 0.05) is 23.9 Å². The Morgan fingerprint density at radius 1 is 0.854 bits per heavy atom. The molecule has 4 aromatic rings. The van der Waals surface area contributed by atoms with Crippen LogP contribution in [0.4, 0.5) is 5.69 Å².